The predicted octanol–water partition coefficient (Wildman–Crippen LogP) is 1.43. The largest absolute Gasteiger partial charge is 0.305 e. The maximum atomic E-state index is 4.29. The predicted molar refractivity (Wildman–Crippen MR) is 36.6 cm³/mol. The van der Waals surface area contributed by atoms with Crippen molar-refractivity contribution >= 4 is 0 Å². The molecule has 1 N–H and O–H groups in total. The highest BCUT2D eigenvalue weighted by atomic mass is 16.6. The molecule has 0 atom stereocenters. The van der Waals surface area contributed by atoms with E-state index in [1.165, 1.54) is 0 Å². The van der Waals surface area contributed by atoms with Crippen molar-refractivity contribution in [3.8, 4) is 0 Å². The summed E-state index contributed by atoms with van der Waals surface area (Å²) in [4.78, 5) is 4.29. The monoisotopic (exact) mass is 119 g/mol. The molecular formula is C6H17NO. The first kappa shape index (κ1) is 10.8. The van der Waals surface area contributed by atoms with Gasteiger partial charge in [-0.1, -0.05) is 20.8 Å². The first-order valence-electron chi connectivity index (χ1n) is 2.84. The van der Waals surface area contributed by atoms with Gasteiger partial charge >= 0.3 is 0 Å². The van der Waals surface area contributed by atoms with Crippen molar-refractivity contribution in [3.63, 3.8) is 0 Å². The van der Waals surface area contributed by atoms with E-state index in [9.17, 15) is 0 Å². The topological polar surface area (TPSA) is 21.3 Å². The Bertz CT molecular complexity index is 25.0. The number of rotatable bonds is 1. The molecule has 0 aromatic heterocycles. The van der Waals surface area contributed by atoms with Gasteiger partial charge in [0.2, 0.25) is 0 Å². The number of hydroxylamine groups is 1. The third kappa shape index (κ3) is 169. The zero-order valence-electron chi connectivity index (χ0n) is 6.49. The van der Waals surface area contributed by atoms with Gasteiger partial charge in [-0.05, 0) is 5.92 Å². The average Bonchev–Trinajstić information content (AvgIpc) is 1.65. The van der Waals surface area contributed by atoms with Crippen molar-refractivity contribution in [2.24, 2.45) is 5.92 Å². The van der Waals surface area contributed by atoms with Crippen LogP contribution in [-0.2, 0) is 4.84 Å². The van der Waals surface area contributed by atoms with Gasteiger partial charge in [-0.25, -0.2) is 5.48 Å². The van der Waals surface area contributed by atoms with Crippen LogP contribution in [-0.4, -0.2) is 14.2 Å². The molecule has 0 rings (SSSR count). The molecule has 2 nitrogen and oxygen atoms in total. The molecule has 0 saturated heterocycles. The Morgan fingerprint density at radius 3 is 1.38 bits per heavy atom. The molecule has 2 heteroatoms. The highest BCUT2D eigenvalue weighted by Crippen LogP contribution is 1.81. The molecule has 0 saturated carbocycles. The molecule has 8 heavy (non-hydrogen) atoms. The lowest BCUT2D eigenvalue weighted by atomic mass is 10.3. The Kier molecular flexibility index (Phi) is 13.6. The summed E-state index contributed by atoms with van der Waals surface area (Å²) in [5.41, 5.74) is 2.43. The van der Waals surface area contributed by atoms with Crippen LogP contribution in [0.2, 0.25) is 0 Å². The molecule has 0 unspecified atom stereocenters. The maximum absolute atomic E-state index is 4.29. The lowest BCUT2D eigenvalue weighted by Gasteiger charge is -1.80. The second kappa shape index (κ2) is 10.0. The Morgan fingerprint density at radius 1 is 1.25 bits per heavy atom. The zero-order chi connectivity index (χ0) is 6.99. The number of hydrogen-bond acceptors (Lipinski definition) is 2. The molecule has 0 aliphatic rings. The van der Waals surface area contributed by atoms with Gasteiger partial charge in [0, 0.05) is 7.05 Å². The molecule has 0 spiro atoms. The van der Waals surface area contributed by atoms with E-state index in [0.29, 0.717) is 0 Å². The fourth-order valence-corrected chi connectivity index (χ4v) is 0. The third-order valence-electron chi connectivity index (χ3n) is 0.204. The lowest BCUT2D eigenvalue weighted by molar-refractivity contribution is 0.112. The van der Waals surface area contributed by atoms with Crippen LogP contribution < -0.4 is 5.48 Å². The third-order valence-corrected chi connectivity index (χ3v) is 0.204. The van der Waals surface area contributed by atoms with Gasteiger partial charge in [-0.3, -0.25) is 0 Å². The van der Waals surface area contributed by atoms with Gasteiger partial charge in [0.15, 0.2) is 0 Å². The van der Waals surface area contributed by atoms with E-state index >= 15 is 0 Å². The summed E-state index contributed by atoms with van der Waals surface area (Å²) in [6.45, 7) is 6.50. The van der Waals surface area contributed by atoms with Crippen molar-refractivity contribution in [3.05, 3.63) is 0 Å². The van der Waals surface area contributed by atoms with Crippen molar-refractivity contribution in [2.75, 3.05) is 14.2 Å². The second-order valence-corrected chi connectivity index (χ2v) is 2.14. The normalized spacial score (nSPS) is 8.25. The summed E-state index contributed by atoms with van der Waals surface area (Å²) in [5, 5.41) is 0. The molecule has 0 radical (unpaired) electrons. The molecular weight excluding hydrogens is 102 g/mol. The zero-order valence-corrected chi connectivity index (χ0v) is 6.49. The smallest absolute Gasteiger partial charge is 0.0572 e. The standard InChI is InChI=1S/C4H10.C2H7NO/c1-4(2)3;1-3-4-2/h4H,1-3H3;3H,1-2H3. The van der Waals surface area contributed by atoms with Gasteiger partial charge in [0.25, 0.3) is 0 Å². The van der Waals surface area contributed by atoms with Crippen molar-refractivity contribution in [2.45, 2.75) is 20.8 Å². The minimum atomic E-state index is 0.833. The molecule has 0 aromatic carbocycles. The van der Waals surface area contributed by atoms with E-state index in [4.69, 9.17) is 0 Å². The van der Waals surface area contributed by atoms with Crippen molar-refractivity contribution in [1.29, 1.82) is 0 Å². The van der Waals surface area contributed by atoms with Crippen LogP contribution in [0.4, 0.5) is 0 Å². The van der Waals surface area contributed by atoms with Crippen LogP contribution >= 0.6 is 0 Å². The minimum absolute atomic E-state index is 0.833. The van der Waals surface area contributed by atoms with Crippen molar-refractivity contribution in [1.82, 2.24) is 5.48 Å². The van der Waals surface area contributed by atoms with Crippen LogP contribution in [0.5, 0.6) is 0 Å². The van der Waals surface area contributed by atoms with Gasteiger partial charge < -0.3 is 4.84 Å². The van der Waals surface area contributed by atoms with E-state index in [-0.39, 0.29) is 0 Å². The van der Waals surface area contributed by atoms with E-state index in [0.717, 1.165) is 5.92 Å². The Hall–Kier alpha value is -0.0800. The molecule has 0 aliphatic heterocycles. The highest BCUT2D eigenvalue weighted by Gasteiger charge is 1.68. The molecule has 0 amide bonds. The van der Waals surface area contributed by atoms with Gasteiger partial charge in [-0.15, -0.1) is 0 Å². The summed E-state index contributed by atoms with van der Waals surface area (Å²) in [6.07, 6.45) is 0. The molecule has 0 fully saturated rings. The summed E-state index contributed by atoms with van der Waals surface area (Å²) in [6, 6.07) is 0. The van der Waals surface area contributed by atoms with Crippen LogP contribution in [0.1, 0.15) is 20.8 Å². The number of hydrogen-bond donors (Lipinski definition) is 1. The van der Waals surface area contributed by atoms with E-state index in [1.54, 1.807) is 14.2 Å². The summed E-state index contributed by atoms with van der Waals surface area (Å²) >= 11 is 0. The van der Waals surface area contributed by atoms with Crippen LogP contribution in [0.15, 0.2) is 0 Å². The lowest BCUT2D eigenvalue weighted by Crippen LogP contribution is -2.00. The van der Waals surface area contributed by atoms with E-state index in [1.807, 2.05) is 0 Å². The maximum Gasteiger partial charge on any atom is 0.0572 e. The Morgan fingerprint density at radius 2 is 1.38 bits per heavy atom. The van der Waals surface area contributed by atoms with Gasteiger partial charge in [0.1, 0.15) is 0 Å². The fraction of sp³-hybridized carbons (Fsp3) is 1.00. The molecule has 0 aromatic rings. The first-order valence-corrected chi connectivity index (χ1v) is 2.84. The summed E-state index contributed by atoms with van der Waals surface area (Å²) in [5.74, 6) is 0.833. The summed E-state index contributed by atoms with van der Waals surface area (Å²) < 4.78 is 0. The van der Waals surface area contributed by atoms with Gasteiger partial charge in [0.05, 0.1) is 7.11 Å². The Labute approximate surface area is 52.2 Å². The molecule has 0 bridgehead atoms. The fourth-order valence-electron chi connectivity index (χ4n) is 0. The quantitative estimate of drug-likeness (QED) is 0.527. The SMILES string of the molecule is CC(C)C.CNOC. The first-order chi connectivity index (χ1) is 3.65. The van der Waals surface area contributed by atoms with Gasteiger partial charge in [-0.2, -0.15) is 0 Å². The Balaban J connectivity index is 0. The summed E-state index contributed by atoms with van der Waals surface area (Å²) in [7, 11) is 3.28. The van der Waals surface area contributed by atoms with Crippen LogP contribution in [0, 0.1) is 5.92 Å². The van der Waals surface area contributed by atoms with Crippen molar-refractivity contribution < 1.29 is 4.84 Å². The van der Waals surface area contributed by atoms with Crippen LogP contribution in [0.25, 0.3) is 0 Å². The molecule has 0 heterocycles. The minimum Gasteiger partial charge on any atom is -0.305 e. The van der Waals surface area contributed by atoms with Crippen LogP contribution in [0.3, 0.4) is 0 Å². The average molecular weight is 119 g/mol. The molecule has 0 aliphatic carbocycles. The highest BCUT2D eigenvalue weighted by molar-refractivity contribution is 4.20. The van der Waals surface area contributed by atoms with E-state index in [2.05, 4.69) is 31.1 Å². The second-order valence-electron chi connectivity index (χ2n) is 2.14. The van der Waals surface area contributed by atoms with E-state index < -0.39 is 0 Å². The molecule has 52 valence electrons. The number of nitrogens with one attached hydrogen (secondary N) is 1.